The highest BCUT2D eigenvalue weighted by Gasteiger charge is 2.30. The SMILES string of the molecule is CCCNC1CCC(c2c(OC)cnn2CCN(C)C)C1. The Morgan fingerprint density at radius 3 is 2.90 bits per heavy atom. The summed E-state index contributed by atoms with van der Waals surface area (Å²) in [5.74, 6) is 1.52. The second kappa shape index (κ2) is 7.80. The lowest BCUT2D eigenvalue weighted by Crippen LogP contribution is -2.27. The fourth-order valence-electron chi connectivity index (χ4n) is 3.18. The molecule has 1 heterocycles. The molecule has 1 saturated carbocycles. The van der Waals surface area contributed by atoms with Gasteiger partial charge in [-0.15, -0.1) is 0 Å². The van der Waals surface area contributed by atoms with Crippen LogP contribution < -0.4 is 10.1 Å². The van der Waals surface area contributed by atoms with Crippen molar-refractivity contribution in [3.63, 3.8) is 0 Å². The van der Waals surface area contributed by atoms with Crippen LogP contribution in [0.25, 0.3) is 0 Å². The lowest BCUT2D eigenvalue weighted by Gasteiger charge is -2.17. The van der Waals surface area contributed by atoms with Crippen molar-refractivity contribution in [1.82, 2.24) is 20.0 Å². The maximum absolute atomic E-state index is 5.54. The number of ether oxygens (including phenoxy) is 1. The molecule has 1 aliphatic rings. The number of nitrogens with one attached hydrogen (secondary N) is 1. The van der Waals surface area contributed by atoms with E-state index in [1.807, 2.05) is 6.20 Å². The zero-order valence-corrected chi connectivity index (χ0v) is 13.9. The van der Waals surface area contributed by atoms with E-state index in [4.69, 9.17) is 4.74 Å². The van der Waals surface area contributed by atoms with Gasteiger partial charge >= 0.3 is 0 Å². The third-order valence-corrected chi connectivity index (χ3v) is 4.33. The summed E-state index contributed by atoms with van der Waals surface area (Å²) in [5.41, 5.74) is 1.29. The van der Waals surface area contributed by atoms with Gasteiger partial charge in [0.15, 0.2) is 5.75 Å². The van der Waals surface area contributed by atoms with Crippen molar-refractivity contribution in [1.29, 1.82) is 0 Å². The van der Waals surface area contributed by atoms with E-state index in [2.05, 4.69) is 41.0 Å². The predicted octanol–water partition coefficient (Wildman–Crippen LogP) is 2.09. The summed E-state index contributed by atoms with van der Waals surface area (Å²) in [6.07, 6.45) is 6.76. The van der Waals surface area contributed by atoms with Gasteiger partial charge in [0.2, 0.25) is 0 Å². The summed E-state index contributed by atoms with van der Waals surface area (Å²) in [5, 5.41) is 8.19. The molecule has 2 rings (SSSR count). The Labute approximate surface area is 128 Å². The van der Waals surface area contributed by atoms with Gasteiger partial charge in [-0.25, -0.2) is 0 Å². The Bertz CT molecular complexity index is 430. The molecule has 0 saturated heterocycles. The summed E-state index contributed by atoms with van der Waals surface area (Å²) in [4.78, 5) is 2.19. The maximum Gasteiger partial charge on any atom is 0.160 e. The molecule has 1 N–H and O–H groups in total. The summed E-state index contributed by atoms with van der Waals surface area (Å²) in [7, 11) is 5.94. The molecular weight excluding hydrogens is 264 g/mol. The second-order valence-electron chi connectivity index (χ2n) is 6.29. The lowest BCUT2D eigenvalue weighted by molar-refractivity contribution is 0.360. The van der Waals surface area contributed by atoms with Crippen LogP contribution in [0.2, 0.25) is 0 Å². The van der Waals surface area contributed by atoms with Gasteiger partial charge in [-0.3, -0.25) is 4.68 Å². The molecule has 0 radical (unpaired) electrons. The van der Waals surface area contributed by atoms with E-state index in [1.54, 1.807) is 7.11 Å². The molecule has 1 aromatic heterocycles. The van der Waals surface area contributed by atoms with E-state index in [9.17, 15) is 0 Å². The van der Waals surface area contributed by atoms with Crippen LogP contribution in [0.3, 0.4) is 0 Å². The predicted molar refractivity (Wildman–Crippen MR) is 86.0 cm³/mol. The average Bonchev–Trinajstić information content (AvgIpc) is 3.08. The third-order valence-electron chi connectivity index (χ3n) is 4.33. The monoisotopic (exact) mass is 294 g/mol. The molecule has 0 aromatic carbocycles. The molecule has 0 spiro atoms. The van der Waals surface area contributed by atoms with Crippen molar-refractivity contribution >= 4 is 0 Å². The highest BCUT2D eigenvalue weighted by atomic mass is 16.5. The van der Waals surface area contributed by atoms with E-state index in [0.29, 0.717) is 12.0 Å². The summed E-state index contributed by atoms with van der Waals surface area (Å²) < 4.78 is 7.69. The van der Waals surface area contributed by atoms with Gasteiger partial charge in [-0.2, -0.15) is 5.10 Å². The largest absolute Gasteiger partial charge is 0.493 e. The first-order valence-corrected chi connectivity index (χ1v) is 8.13. The zero-order chi connectivity index (χ0) is 15.2. The molecule has 0 aliphatic heterocycles. The van der Waals surface area contributed by atoms with Crippen molar-refractivity contribution in [2.24, 2.45) is 0 Å². The minimum absolute atomic E-state index is 0.568. The summed E-state index contributed by atoms with van der Waals surface area (Å²) >= 11 is 0. The first kappa shape index (κ1) is 16.3. The summed E-state index contributed by atoms with van der Waals surface area (Å²) in [6.45, 7) is 5.27. The van der Waals surface area contributed by atoms with Crippen LogP contribution in [-0.4, -0.2) is 55.0 Å². The maximum atomic E-state index is 5.54. The molecule has 0 bridgehead atoms. The Kier molecular flexibility index (Phi) is 6.06. The molecule has 120 valence electrons. The number of aromatic nitrogens is 2. The Hall–Kier alpha value is -1.07. The lowest BCUT2D eigenvalue weighted by atomic mass is 10.0. The van der Waals surface area contributed by atoms with Crippen molar-refractivity contribution in [3.8, 4) is 5.75 Å². The van der Waals surface area contributed by atoms with Crippen LogP contribution in [0.4, 0.5) is 0 Å². The van der Waals surface area contributed by atoms with Crippen LogP contribution >= 0.6 is 0 Å². The molecule has 2 atom stereocenters. The van der Waals surface area contributed by atoms with Crippen molar-refractivity contribution in [2.45, 2.75) is 51.1 Å². The standard InChI is InChI=1S/C16H30N4O/c1-5-8-17-14-7-6-13(11-14)16-15(21-4)12-18-20(16)10-9-19(2)3/h12-14,17H,5-11H2,1-4H3. The third kappa shape index (κ3) is 4.20. The van der Waals surface area contributed by atoms with Crippen molar-refractivity contribution < 1.29 is 4.74 Å². The van der Waals surface area contributed by atoms with Crippen LogP contribution in [0.15, 0.2) is 6.20 Å². The second-order valence-corrected chi connectivity index (χ2v) is 6.29. The Morgan fingerprint density at radius 1 is 1.43 bits per heavy atom. The fraction of sp³-hybridized carbons (Fsp3) is 0.812. The smallest absolute Gasteiger partial charge is 0.160 e. The minimum Gasteiger partial charge on any atom is -0.493 e. The van der Waals surface area contributed by atoms with Crippen LogP contribution in [-0.2, 0) is 6.54 Å². The Morgan fingerprint density at radius 2 is 2.24 bits per heavy atom. The molecule has 21 heavy (non-hydrogen) atoms. The highest BCUT2D eigenvalue weighted by Crippen LogP contribution is 2.38. The molecule has 5 nitrogen and oxygen atoms in total. The number of methoxy groups -OCH3 is 1. The molecule has 0 amide bonds. The molecular formula is C16H30N4O. The van der Waals surface area contributed by atoms with E-state index in [0.717, 1.165) is 25.4 Å². The minimum atomic E-state index is 0.568. The fourth-order valence-corrected chi connectivity index (χ4v) is 3.18. The molecule has 1 aromatic rings. The van der Waals surface area contributed by atoms with Crippen molar-refractivity contribution in [3.05, 3.63) is 11.9 Å². The van der Waals surface area contributed by atoms with Crippen LogP contribution in [0.1, 0.15) is 44.2 Å². The number of nitrogens with zero attached hydrogens (tertiary/aromatic N) is 3. The van der Waals surface area contributed by atoms with Gasteiger partial charge in [0.1, 0.15) is 0 Å². The van der Waals surface area contributed by atoms with Gasteiger partial charge in [0.05, 0.1) is 25.5 Å². The van der Waals surface area contributed by atoms with Crippen LogP contribution in [0, 0.1) is 0 Å². The topological polar surface area (TPSA) is 42.3 Å². The zero-order valence-electron chi connectivity index (χ0n) is 13.9. The number of hydrogen-bond acceptors (Lipinski definition) is 4. The van der Waals surface area contributed by atoms with Gasteiger partial charge in [-0.05, 0) is 46.3 Å². The molecule has 5 heteroatoms. The normalized spacial score (nSPS) is 22.1. The van der Waals surface area contributed by atoms with Crippen LogP contribution in [0.5, 0.6) is 5.75 Å². The number of rotatable bonds is 8. The first-order chi connectivity index (χ1) is 10.2. The Balaban J connectivity index is 2.05. The van der Waals surface area contributed by atoms with E-state index < -0.39 is 0 Å². The molecule has 2 unspecified atom stereocenters. The highest BCUT2D eigenvalue weighted by molar-refractivity contribution is 5.30. The number of hydrogen-bond donors (Lipinski definition) is 1. The van der Waals surface area contributed by atoms with E-state index in [-0.39, 0.29) is 0 Å². The number of likely N-dealkylation sites (N-methyl/N-ethyl adjacent to an activating group) is 1. The van der Waals surface area contributed by atoms with Gasteiger partial charge < -0.3 is 15.0 Å². The molecule has 1 aliphatic carbocycles. The van der Waals surface area contributed by atoms with Gasteiger partial charge in [0, 0.05) is 18.5 Å². The average molecular weight is 294 g/mol. The van der Waals surface area contributed by atoms with E-state index in [1.165, 1.54) is 31.4 Å². The first-order valence-electron chi connectivity index (χ1n) is 8.13. The quantitative estimate of drug-likeness (QED) is 0.797. The van der Waals surface area contributed by atoms with E-state index >= 15 is 0 Å². The van der Waals surface area contributed by atoms with Gasteiger partial charge in [0.25, 0.3) is 0 Å². The summed E-state index contributed by atoms with van der Waals surface area (Å²) in [6, 6.07) is 0.650. The van der Waals surface area contributed by atoms with Gasteiger partial charge in [-0.1, -0.05) is 6.92 Å². The van der Waals surface area contributed by atoms with Crippen molar-refractivity contribution in [2.75, 3.05) is 34.3 Å². The molecule has 1 fully saturated rings.